The summed E-state index contributed by atoms with van der Waals surface area (Å²) >= 11 is 6.25. The molecule has 1 fully saturated rings. The summed E-state index contributed by atoms with van der Waals surface area (Å²) in [6.07, 6.45) is 2.35. The number of hydrogen-bond acceptors (Lipinski definition) is 3. The van der Waals surface area contributed by atoms with Crippen molar-refractivity contribution in [3.63, 3.8) is 0 Å². The van der Waals surface area contributed by atoms with E-state index in [0.717, 1.165) is 24.0 Å². The van der Waals surface area contributed by atoms with Crippen molar-refractivity contribution in [3.8, 4) is 11.6 Å². The third kappa shape index (κ3) is 3.62. The van der Waals surface area contributed by atoms with Crippen molar-refractivity contribution >= 4 is 17.7 Å². The first-order valence-corrected chi connectivity index (χ1v) is 8.29. The predicted molar refractivity (Wildman–Crippen MR) is 92.1 cm³/mol. The Hall–Kier alpha value is -2.27. The van der Waals surface area contributed by atoms with Crippen LogP contribution in [0.3, 0.4) is 0 Å². The van der Waals surface area contributed by atoms with Gasteiger partial charge in [-0.2, -0.15) is 0 Å². The van der Waals surface area contributed by atoms with Gasteiger partial charge < -0.3 is 14.7 Å². The van der Waals surface area contributed by atoms with Crippen molar-refractivity contribution in [1.29, 1.82) is 0 Å². The highest BCUT2D eigenvalue weighted by Gasteiger charge is 2.26. The molecule has 0 radical (unpaired) electrons. The van der Waals surface area contributed by atoms with Crippen LogP contribution in [0.25, 0.3) is 0 Å². The van der Waals surface area contributed by atoms with E-state index in [0.29, 0.717) is 29.7 Å². The van der Waals surface area contributed by atoms with E-state index in [1.54, 1.807) is 6.20 Å². The Morgan fingerprint density at radius 1 is 1.33 bits per heavy atom. The fourth-order valence-corrected chi connectivity index (χ4v) is 3.25. The van der Waals surface area contributed by atoms with Crippen LogP contribution < -0.4 is 4.74 Å². The number of ether oxygens (including phenoxy) is 1. The molecule has 1 N–H and O–H groups in total. The second kappa shape index (κ2) is 7.09. The van der Waals surface area contributed by atoms with Crippen molar-refractivity contribution in [2.75, 3.05) is 13.1 Å². The summed E-state index contributed by atoms with van der Waals surface area (Å²) in [4.78, 5) is 16.8. The lowest BCUT2D eigenvalue weighted by atomic mass is 9.90. The number of pyridine rings is 1. The van der Waals surface area contributed by atoms with Crippen molar-refractivity contribution in [3.05, 3.63) is 52.7 Å². The van der Waals surface area contributed by atoms with Gasteiger partial charge in [-0.25, -0.2) is 9.78 Å². The molecule has 0 aliphatic carbocycles. The van der Waals surface area contributed by atoms with Crippen molar-refractivity contribution in [1.82, 2.24) is 9.88 Å². The molecule has 126 valence electrons. The molecule has 1 amide bonds. The molecule has 1 aliphatic heterocycles. The molecule has 1 aromatic heterocycles. The topological polar surface area (TPSA) is 62.7 Å². The van der Waals surface area contributed by atoms with Gasteiger partial charge in [-0.05, 0) is 49.4 Å². The summed E-state index contributed by atoms with van der Waals surface area (Å²) in [6.45, 7) is 3.03. The minimum Gasteiger partial charge on any atom is -0.465 e. The van der Waals surface area contributed by atoms with Crippen molar-refractivity contribution in [2.45, 2.75) is 25.7 Å². The first-order chi connectivity index (χ1) is 11.5. The van der Waals surface area contributed by atoms with Crippen LogP contribution in [0.5, 0.6) is 11.6 Å². The van der Waals surface area contributed by atoms with Gasteiger partial charge in [0, 0.05) is 24.8 Å². The summed E-state index contributed by atoms with van der Waals surface area (Å²) in [5.74, 6) is 1.34. The minimum absolute atomic E-state index is 0.230. The van der Waals surface area contributed by atoms with Crippen LogP contribution in [0.15, 0.2) is 36.5 Å². The number of aryl methyl sites for hydroxylation is 1. The molecule has 2 heterocycles. The van der Waals surface area contributed by atoms with Crippen LogP contribution in [0.2, 0.25) is 5.02 Å². The number of hydrogen-bond donors (Lipinski definition) is 1. The highest BCUT2D eigenvalue weighted by Crippen LogP contribution is 2.36. The molecule has 1 aromatic carbocycles. The number of nitrogens with zero attached hydrogens (tertiary/aromatic N) is 2. The molecule has 1 saturated heterocycles. The second-order valence-corrected chi connectivity index (χ2v) is 6.38. The van der Waals surface area contributed by atoms with Gasteiger partial charge >= 0.3 is 6.09 Å². The number of aromatic nitrogens is 1. The van der Waals surface area contributed by atoms with E-state index in [-0.39, 0.29) is 5.92 Å². The quantitative estimate of drug-likeness (QED) is 0.875. The lowest BCUT2D eigenvalue weighted by Gasteiger charge is -2.30. The maximum Gasteiger partial charge on any atom is 0.407 e. The number of halogens is 1. The zero-order valence-corrected chi connectivity index (χ0v) is 14.2. The molecular formula is C18H19ClN2O3. The normalized spacial score (nSPS) is 15.3. The number of piperidine rings is 1. The molecule has 0 bridgehead atoms. The summed E-state index contributed by atoms with van der Waals surface area (Å²) in [6, 6.07) is 9.50. The van der Waals surface area contributed by atoms with Crippen LogP contribution in [0.4, 0.5) is 4.79 Å². The minimum atomic E-state index is -0.859. The fraction of sp³-hybridized carbons (Fsp3) is 0.333. The highest BCUT2D eigenvalue weighted by molar-refractivity contribution is 6.32. The van der Waals surface area contributed by atoms with Gasteiger partial charge in [-0.15, -0.1) is 0 Å². The maximum atomic E-state index is 11.0. The van der Waals surface area contributed by atoms with Crippen molar-refractivity contribution < 1.29 is 14.6 Å². The maximum absolute atomic E-state index is 11.0. The second-order valence-electron chi connectivity index (χ2n) is 5.98. The molecule has 6 heteroatoms. The van der Waals surface area contributed by atoms with E-state index in [9.17, 15) is 4.79 Å². The smallest absolute Gasteiger partial charge is 0.407 e. The molecule has 0 saturated carbocycles. The Kier molecular flexibility index (Phi) is 4.90. The third-order valence-corrected chi connectivity index (χ3v) is 4.60. The number of likely N-dealkylation sites (tertiary alicyclic amines) is 1. The summed E-state index contributed by atoms with van der Waals surface area (Å²) < 4.78 is 5.95. The van der Waals surface area contributed by atoms with Gasteiger partial charge in [0.05, 0.1) is 5.02 Å². The molecule has 3 rings (SSSR count). The van der Waals surface area contributed by atoms with E-state index < -0.39 is 6.09 Å². The fourth-order valence-electron chi connectivity index (χ4n) is 2.97. The van der Waals surface area contributed by atoms with E-state index in [4.69, 9.17) is 21.4 Å². The lowest BCUT2D eigenvalue weighted by Crippen LogP contribution is -2.36. The average molecular weight is 347 g/mol. The number of amides is 1. The predicted octanol–water partition coefficient (Wildman–Crippen LogP) is 4.69. The number of carboxylic acid groups (broad SMARTS) is 1. The lowest BCUT2D eigenvalue weighted by molar-refractivity contribution is 0.132. The van der Waals surface area contributed by atoms with E-state index in [2.05, 4.69) is 4.98 Å². The zero-order chi connectivity index (χ0) is 17.1. The average Bonchev–Trinajstić information content (AvgIpc) is 2.58. The Labute approximate surface area is 145 Å². The first-order valence-electron chi connectivity index (χ1n) is 7.91. The first kappa shape index (κ1) is 16.6. The largest absolute Gasteiger partial charge is 0.465 e. The molecule has 24 heavy (non-hydrogen) atoms. The van der Waals surface area contributed by atoms with Gasteiger partial charge in [0.2, 0.25) is 5.88 Å². The molecule has 0 unspecified atom stereocenters. The van der Waals surface area contributed by atoms with E-state index in [1.165, 1.54) is 4.90 Å². The standard InChI is InChI=1S/C18H19ClN2O3/c1-12-4-5-16(15(19)11-12)24-17-14(3-2-8-20-17)13-6-9-21(10-7-13)18(22)23/h2-5,8,11,13H,6-7,9-10H2,1H3,(H,22,23). The van der Waals surface area contributed by atoms with Crippen molar-refractivity contribution in [2.24, 2.45) is 0 Å². The highest BCUT2D eigenvalue weighted by atomic mass is 35.5. The number of rotatable bonds is 3. The molecule has 1 aliphatic rings. The number of benzene rings is 1. The van der Waals surface area contributed by atoms with Gasteiger partial charge in [-0.1, -0.05) is 23.7 Å². The Bertz CT molecular complexity index is 743. The Morgan fingerprint density at radius 2 is 2.08 bits per heavy atom. The van der Waals surface area contributed by atoms with Crippen LogP contribution >= 0.6 is 11.6 Å². The van der Waals surface area contributed by atoms with Crippen LogP contribution in [0, 0.1) is 6.92 Å². The van der Waals surface area contributed by atoms with Crippen LogP contribution in [-0.4, -0.2) is 34.2 Å². The Morgan fingerprint density at radius 3 is 2.75 bits per heavy atom. The monoisotopic (exact) mass is 346 g/mol. The molecule has 0 spiro atoms. The summed E-state index contributed by atoms with van der Waals surface area (Å²) in [5.41, 5.74) is 2.06. The molecule has 5 nitrogen and oxygen atoms in total. The van der Waals surface area contributed by atoms with Gasteiger partial charge in [0.25, 0.3) is 0 Å². The SMILES string of the molecule is Cc1ccc(Oc2ncccc2C2CCN(C(=O)O)CC2)c(Cl)c1. The molecule has 0 atom stereocenters. The van der Waals surface area contributed by atoms with Gasteiger partial charge in [-0.3, -0.25) is 0 Å². The van der Waals surface area contributed by atoms with Crippen LogP contribution in [0.1, 0.15) is 29.9 Å². The Balaban J connectivity index is 1.80. The zero-order valence-electron chi connectivity index (χ0n) is 13.4. The molecule has 2 aromatic rings. The summed E-state index contributed by atoms with van der Waals surface area (Å²) in [7, 11) is 0. The van der Waals surface area contributed by atoms with E-state index >= 15 is 0 Å². The van der Waals surface area contributed by atoms with Gasteiger partial charge in [0.1, 0.15) is 5.75 Å². The van der Waals surface area contributed by atoms with E-state index in [1.807, 2.05) is 37.3 Å². The third-order valence-electron chi connectivity index (χ3n) is 4.30. The summed E-state index contributed by atoms with van der Waals surface area (Å²) in [5, 5.41) is 9.62. The number of carbonyl (C=O) groups is 1. The molecular weight excluding hydrogens is 328 g/mol. The van der Waals surface area contributed by atoms with Crippen LogP contribution in [-0.2, 0) is 0 Å². The van der Waals surface area contributed by atoms with Gasteiger partial charge in [0.15, 0.2) is 0 Å².